The smallest absolute Gasteiger partial charge is 0.243 e. The topological polar surface area (TPSA) is 49.4 Å². The van der Waals surface area contributed by atoms with E-state index in [1.54, 1.807) is 16.7 Å². The molecule has 0 bridgehead atoms. The van der Waals surface area contributed by atoms with Crippen LogP contribution in [0.3, 0.4) is 0 Å². The summed E-state index contributed by atoms with van der Waals surface area (Å²) in [6, 6.07) is 25.6. The first kappa shape index (κ1) is 28.0. The number of carbonyl (C=O) groups excluding carboxylic acids is 2. The van der Waals surface area contributed by atoms with Gasteiger partial charge in [-0.1, -0.05) is 102 Å². The SMILES string of the molecule is Cc1ccc(CSCC(=O)N(Cc2cccc(Br)c2)[C@@H](Cc2ccccc2)C(=O)NCC(C)C)cc1. The fourth-order valence-electron chi connectivity index (χ4n) is 3.83. The number of hydrogen-bond donors (Lipinski definition) is 1. The summed E-state index contributed by atoms with van der Waals surface area (Å²) < 4.78 is 0.949. The second-order valence-electron chi connectivity index (χ2n) is 9.47. The van der Waals surface area contributed by atoms with E-state index in [1.165, 1.54) is 11.1 Å². The van der Waals surface area contributed by atoms with Crippen LogP contribution in [-0.2, 0) is 28.3 Å². The average Bonchev–Trinajstić information content (AvgIpc) is 2.86. The molecule has 0 saturated carbocycles. The van der Waals surface area contributed by atoms with Crippen molar-refractivity contribution in [1.29, 1.82) is 0 Å². The summed E-state index contributed by atoms with van der Waals surface area (Å²) in [4.78, 5) is 28.9. The molecule has 0 radical (unpaired) electrons. The first-order chi connectivity index (χ1) is 17.3. The fraction of sp³-hybridized carbons (Fsp3) is 0.333. The predicted molar refractivity (Wildman–Crippen MR) is 154 cm³/mol. The van der Waals surface area contributed by atoms with Crippen molar-refractivity contribution in [2.24, 2.45) is 5.92 Å². The first-order valence-corrected chi connectivity index (χ1v) is 14.3. The summed E-state index contributed by atoms with van der Waals surface area (Å²) in [5, 5.41) is 3.07. The Morgan fingerprint density at radius 2 is 1.61 bits per heavy atom. The van der Waals surface area contributed by atoms with Gasteiger partial charge in [0.15, 0.2) is 0 Å². The number of rotatable bonds is 12. The Hall–Kier alpha value is -2.57. The molecule has 0 heterocycles. The molecule has 1 N–H and O–H groups in total. The van der Waals surface area contributed by atoms with Gasteiger partial charge in [0, 0.05) is 29.7 Å². The molecule has 4 nitrogen and oxygen atoms in total. The molecule has 0 aliphatic carbocycles. The number of aryl methyl sites for hydroxylation is 1. The summed E-state index contributed by atoms with van der Waals surface area (Å²) in [7, 11) is 0. The largest absolute Gasteiger partial charge is 0.354 e. The van der Waals surface area contributed by atoms with Gasteiger partial charge in [0.05, 0.1) is 5.75 Å². The van der Waals surface area contributed by atoms with Crippen molar-refractivity contribution in [3.8, 4) is 0 Å². The summed E-state index contributed by atoms with van der Waals surface area (Å²) in [5.74, 6) is 1.24. The van der Waals surface area contributed by atoms with Crippen molar-refractivity contribution in [2.75, 3.05) is 12.3 Å². The van der Waals surface area contributed by atoms with E-state index in [0.717, 1.165) is 21.4 Å². The van der Waals surface area contributed by atoms with E-state index >= 15 is 0 Å². The number of halogens is 1. The zero-order valence-electron chi connectivity index (χ0n) is 21.2. The lowest BCUT2D eigenvalue weighted by molar-refractivity contribution is -0.139. The molecule has 0 spiro atoms. The Labute approximate surface area is 228 Å². The lowest BCUT2D eigenvalue weighted by Gasteiger charge is -2.32. The molecule has 0 aromatic heterocycles. The van der Waals surface area contributed by atoms with Crippen LogP contribution in [0.15, 0.2) is 83.3 Å². The highest BCUT2D eigenvalue weighted by Crippen LogP contribution is 2.20. The van der Waals surface area contributed by atoms with Crippen LogP contribution >= 0.6 is 27.7 Å². The zero-order chi connectivity index (χ0) is 25.9. The van der Waals surface area contributed by atoms with Gasteiger partial charge in [-0.15, -0.1) is 11.8 Å². The third-order valence-corrected chi connectivity index (χ3v) is 7.29. The van der Waals surface area contributed by atoms with Crippen LogP contribution in [-0.4, -0.2) is 35.1 Å². The molecule has 0 unspecified atom stereocenters. The molecule has 6 heteroatoms. The Kier molecular flexibility index (Phi) is 11.1. The molecule has 1 atom stereocenters. The summed E-state index contributed by atoms with van der Waals surface area (Å²) in [5.41, 5.74) is 4.42. The average molecular weight is 568 g/mol. The van der Waals surface area contributed by atoms with Crippen LogP contribution in [0.1, 0.15) is 36.1 Å². The second-order valence-corrected chi connectivity index (χ2v) is 11.4. The van der Waals surface area contributed by atoms with Crippen LogP contribution in [0, 0.1) is 12.8 Å². The van der Waals surface area contributed by atoms with Crippen LogP contribution in [0.2, 0.25) is 0 Å². The highest BCUT2D eigenvalue weighted by Gasteiger charge is 2.30. The molecule has 0 aliphatic rings. The van der Waals surface area contributed by atoms with Gasteiger partial charge >= 0.3 is 0 Å². The number of benzene rings is 3. The van der Waals surface area contributed by atoms with Gasteiger partial charge in [-0.3, -0.25) is 9.59 Å². The molecule has 0 fully saturated rings. The highest BCUT2D eigenvalue weighted by molar-refractivity contribution is 9.10. The number of thioether (sulfide) groups is 1. The highest BCUT2D eigenvalue weighted by atomic mass is 79.9. The predicted octanol–water partition coefficient (Wildman–Crippen LogP) is 6.40. The van der Waals surface area contributed by atoms with Gasteiger partial charge < -0.3 is 10.2 Å². The monoisotopic (exact) mass is 566 g/mol. The molecule has 36 heavy (non-hydrogen) atoms. The summed E-state index contributed by atoms with van der Waals surface area (Å²) in [6.45, 7) is 7.15. The maximum atomic E-state index is 13.7. The minimum Gasteiger partial charge on any atom is -0.354 e. The van der Waals surface area contributed by atoms with E-state index in [0.29, 0.717) is 31.2 Å². The van der Waals surface area contributed by atoms with Crippen molar-refractivity contribution >= 4 is 39.5 Å². The molecule has 3 rings (SSSR count). The van der Waals surface area contributed by atoms with Gasteiger partial charge in [-0.05, 0) is 41.7 Å². The van der Waals surface area contributed by atoms with Crippen LogP contribution in [0.25, 0.3) is 0 Å². The number of amides is 2. The molecular formula is C30H35BrN2O2S. The zero-order valence-corrected chi connectivity index (χ0v) is 23.6. The van der Waals surface area contributed by atoms with E-state index in [2.05, 4.69) is 66.3 Å². The fourth-order valence-corrected chi connectivity index (χ4v) is 5.15. The number of nitrogens with zero attached hydrogens (tertiary/aromatic N) is 1. The van der Waals surface area contributed by atoms with Gasteiger partial charge in [-0.2, -0.15) is 0 Å². The molecular weight excluding hydrogens is 532 g/mol. The maximum absolute atomic E-state index is 13.7. The minimum absolute atomic E-state index is 0.0345. The Morgan fingerprint density at radius 1 is 0.917 bits per heavy atom. The second kappa shape index (κ2) is 14.2. The number of nitrogens with one attached hydrogen (secondary N) is 1. The maximum Gasteiger partial charge on any atom is 0.243 e. The van der Waals surface area contributed by atoms with Crippen molar-refractivity contribution in [1.82, 2.24) is 10.2 Å². The Morgan fingerprint density at radius 3 is 2.28 bits per heavy atom. The van der Waals surface area contributed by atoms with Crippen molar-refractivity contribution in [3.05, 3.63) is 106 Å². The van der Waals surface area contributed by atoms with Crippen molar-refractivity contribution < 1.29 is 9.59 Å². The minimum atomic E-state index is -0.599. The molecule has 190 valence electrons. The van der Waals surface area contributed by atoms with Gasteiger partial charge in [0.2, 0.25) is 11.8 Å². The van der Waals surface area contributed by atoms with Gasteiger partial charge in [0.25, 0.3) is 0 Å². The lowest BCUT2D eigenvalue weighted by Crippen LogP contribution is -2.51. The van der Waals surface area contributed by atoms with E-state index in [4.69, 9.17) is 0 Å². The molecule has 0 aliphatic heterocycles. The standard InChI is InChI=1S/C30H35BrN2O2S/c1-22(2)18-32-30(35)28(17-24-8-5-4-6-9-24)33(19-26-10-7-11-27(31)16-26)29(34)21-36-20-25-14-12-23(3)13-15-25/h4-16,22,28H,17-21H2,1-3H3,(H,32,35)/t28-/m0/s1. The van der Waals surface area contributed by atoms with E-state index in [-0.39, 0.29) is 11.8 Å². The Bertz CT molecular complexity index is 1120. The van der Waals surface area contributed by atoms with Crippen molar-refractivity contribution in [2.45, 2.75) is 45.5 Å². The number of carbonyl (C=O) groups is 2. The molecule has 3 aromatic carbocycles. The molecule has 2 amide bonds. The van der Waals surface area contributed by atoms with Crippen LogP contribution in [0.5, 0.6) is 0 Å². The molecule has 0 saturated heterocycles. The first-order valence-electron chi connectivity index (χ1n) is 12.3. The van der Waals surface area contributed by atoms with E-state index < -0.39 is 6.04 Å². The summed E-state index contributed by atoms with van der Waals surface area (Å²) >= 11 is 5.12. The lowest BCUT2D eigenvalue weighted by atomic mass is 10.0. The quantitative estimate of drug-likeness (QED) is 0.276. The third kappa shape index (κ3) is 9.14. The summed E-state index contributed by atoms with van der Waals surface area (Å²) in [6.07, 6.45) is 0.465. The number of hydrogen-bond acceptors (Lipinski definition) is 3. The van der Waals surface area contributed by atoms with Gasteiger partial charge in [0.1, 0.15) is 6.04 Å². The Balaban J connectivity index is 1.83. The van der Waals surface area contributed by atoms with Gasteiger partial charge in [-0.25, -0.2) is 0 Å². The molecule has 3 aromatic rings. The van der Waals surface area contributed by atoms with Crippen LogP contribution in [0.4, 0.5) is 0 Å². The normalized spacial score (nSPS) is 11.8. The van der Waals surface area contributed by atoms with Crippen molar-refractivity contribution in [3.63, 3.8) is 0 Å². The third-order valence-electron chi connectivity index (χ3n) is 5.81. The van der Waals surface area contributed by atoms with Crippen LogP contribution < -0.4 is 5.32 Å². The van der Waals surface area contributed by atoms with E-state index in [9.17, 15) is 9.59 Å². The van der Waals surface area contributed by atoms with E-state index in [1.807, 2.05) is 54.6 Å².